The molecule has 12 aromatic heterocycles. The second kappa shape index (κ2) is 46.5. The van der Waals surface area contributed by atoms with E-state index in [2.05, 4.69) is 242 Å². The van der Waals surface area contributed by atoms with E-state index in [4.69, 9.17) is 54.5 Å². The Hall–Kier alpha value is -9.58. The number of nitrogens with one attached hydrogen (secondary N) is 2. The van der Waals surface area contributed by atoms with Gasteiger partial charge in [-0.05, 0) is 192 Å². The summed E-state index contributed by atoms with van der Waals surface area (Å²) in [4.78, 5) is 42.3. The lowest BCUT2D eigenvalue weighted by atomic mass is 9.78. The minimum Gasteiger partial charge on any atom is -0.399 e. The molecule has 12 aromatic rings. The number of halogens is 3. The maximum atomic E-state index is 12.3. The minimum atomic E-state index is -3.36. The maximum Gasteiger partial charge on any atom is 0.495 e. The summed E-state index contributed by atoms with van der Waals surface area (Å²) in [6.45, 7) is 74.5. The van der Waals surface area contributed by atoms with Crippen molar-refractivity contribution in [2.45, 2.75) is 194 Å². The van der Waals surface area contributed by atoms with Gasteiger partial charge in [0.05, 0.1) is 48.0 Å². The average Bonchev–Trinajstić information content (AvgIpc) is 1.50. The Morgan fingerprint density at radius 3 is 1.43 bits per heavy atom. The molecule has 0 unspecified atom stereocenters. The zero-order chi connectivity index (χ0) is 97.8. The molecule has 42 heteroatoms. The normalized spacial score (nSPS) is 15.2. The Morgan fingerprint density at radius 1 is 0.552 bits per heavy atom. The molecule has 0 atom stereocenters. The van der Waals surface area contributed by atoms with Gasteiger partial charge in [-0.15, -0.1) is 5.10 Å². The lowest BCUT2D eigenvalue weighted by Gasteiger charge is -2.46. The van der Waals surface area contributed by atoms with Gasteiger partial charge in [-0.2, -0.15) is 23.5 Å². The number of sulfonamides is 2. The van der Waals surface area contributed by atoms with Crippen LogP contribution in [-0.4, -0.2) is 221 Å². The van der Waals surface area contributed by atoms with Crippen molar-refractivity contribution in [1.29, 1.82) is 5.26 Å². The van der Waals surface area contributed by atoms with Crippen LogP contribution in [0.4, 0.5) is 11.6 Å². The van der Waals surface area contributed by atoms with Crippen molar-refractivity contribution in [3.8, 4) is 28.3 Å². The van der Waals surface area contributed by atoms with Gasteiger partial charge in [-0.1, -0.05) is 114 Å². The molecule has 0 spiro atoms. The summed E-state index contributed by atoms with van der Waals surface area (Å²) in [7, 11) is -11.1. The number of hydrogen-bond acceptors (Lipinski definition) is 19. The van der Waals surface area contributed by atoms with Crippen molar-refractivity contribution in [3.05, 3.63) is 212 Å². The van der Waals surface area contributed by atoms with Crippen LogP contribution in [0.1, 0.15) is 48.0 Å². The number of H-pyrrole nitrogens is 2. The highest BCUT2D eigenvalue weighted by Gasteiger charge is 2.53. The first kappa shape index (κ1) is 106. The van der Waals surface area contributed by atoms with Crippen molar-refractivity contribution < 1.29 is 45.1 Å². The minimum absolute atomic E-state index is 0.00113. The number of aromatic nitrogens is 14. The summed E-state index contributed by atoms with van der Waals surface area (Å²) in [6, 6.07) is 26.5. The summed E-state index contributed by atoms with van der Waals surface area (Å²) in [5.41, 5.74) is 8.02. The molecule has 16 rings (SSSR count). The average molecular weight is 2120 g/mol. The number of hydrogen-bond donors (Lipinski definition) is 2. The monoisotopic (exact) mass is 2120 g/mol. The first-order chi connectivity index (χ1) is 63.3. The van der Waals surface area contributed by atoms with Crippen LogP contribution in [0.5, 0.6) is 0 Å². The van der Waals surface area contributed by atoms with E-state index in [9.17, 15) is 22.1 Å². The summed E-state index contributed by atoms with van der Waals surface area (Å²) < 4.78 is 98.1. The van der Waals surface area contributed by atoms with Crippen molar-refractivity contribution in [1.82, 2.24) is 76.8 Å². The number of nitriles is 1. The zero-order valence-electron chi connectivity index (χ0n) is 79.6. The Labute approximate surface area is 816 Å². The van der Waals surface area contributed by atoms with E-state index in [0.29, 0.717) is 70.4 Å². The van der Waals surface area contributed by atoms with Gasteiger partial charge >= 0.3 is 12.9 Å². The van der Waals surface area contributed by atoms with Gasteiger partial charge < -0.3 is 66.0 Å². The molecule has 4 aliphatic heterocycles. The zero-order valence-corrected chi connectivity index (χ0v) is 89.9. The molecule has 4 aliphatic rings. The second-order valence-corrected chi connectivity index (χ2v) is 67.9. The second-order valence-electron chi connectivity index (χ2n) is 38.3. The fraction of sp³-hybridized carbons (Fsp3) is 0.446. The van der Waals surface area contributed by atoms with E-state index >= 15 is 0 Å². The molecule has 0 aromatic carbocycles. The van der Waals surface area contributed by atoms with Crippen molar-refractivity contribution in [2.75, 3.05) is 70.7 Å². The Morgan fingerprint density at radius 2 is 0.993 bits per heavy atom. The molecule has 16 heterocycles. The van der Waals surface area contributed by atoms with Crippen molar-refractivity contribution >= 4 is 185 Å². The summed E-state index contributed by atoms with van der Waals surface area (Å²) in [5, 5.41) is 25.9. The number of aliphatic imine (C=N–C) groups is 1. The number of nitrogens with zero attached hydrogens (tertiary/aromatic N) is 20. The first-order valence-corrected chi connectivity index (χ1v) is 64.4. The van der Waals surface area contributed by atoms with Crippen molar-refractivity contribution in [2.24, 2.45) is 4.99 Å². The van der Waals surface area contributed by atoms with E-state index < -0.39 is 57.9 Å². The third-order valence-corrected chi connectivity index (χ3v) is 35.2. The summed E-state index contributed by atoms with van der Waals surface area (Å²) in [5.74, 6) is 1.28. The van der Waals surface area contributed by atoms with Gasteiger partial charge in [0.15, 0.2) is 6.20 Å². The molecule has 710 valence electrons. The number of aromatic amines is 2. The number of amidine groups is 1. The first-order valence-electron chi connectivity index (χ1n) is 44.0. The van der Waals surface area contributed by atoms with Gasteiger partial charge in [0.1, 0.15) is 67.2 Å². The number of ether oxygens (including phenoxy) is 4. The van der Waals surface area contributed by atoms with Crippen LogP contribution in [0, 0.1) is 37.6 Å². The third kappa shape index (κ3) is 28.3. The molecular weight excluding hydrogens is 2000 g/mol. The van der Waals surface area contributed by atoms with E-state index in [1.165, 1.54) is 26.9 Å². The van der Waals surface area contributed by atoms with E-state index in [-0.39, 0.29) is 55.2 Å². The van der Waals surface area contributed by atoms with Gasteiger partial charge in [-0.3, -0.25) is 0 Å². The molecule has 0 aliphatic carbocycles. The smallest absolute Gasteiger partial charge is 0.399 e. The van der Waals surface area contributed by atoms with Crippen LogP contribution in [0.2, 0.25) is 103 Å². The molecule has 2 N–H and O–H groups in total. The Kier molecular flexibility index (Phi) is 37.0. The highest BCUT2D eigenvalue weighted by atomic mass is 79.9. The van der Waals surface area contributed by atoms with Crippen LogP contribution in [0.3, 0.4) is 0 Å². The molecule has 3 saturated heterocycles. The SMILES string of the molecule is Brc1ccnc2[nH]ccc12.CC1(C)OB(c2ccnc3c2ccn3COCC[Si](C)(C)C)OC1(C)C.C[Si](C)(C)CCOCn1ccc2c(Br)ccnc21.[C-]#[N+]C1=NCC=C1Br.[C-]#[N+]C=C1CN(S(=O)(=O)CC)C1.[C-]#[N+]c1[nH]ncc1-c1ccnc2c1ccn2COCC[Si](C)(C)C.[C-]#[N+]c1nn(C2(CC#N)CN(S(=O)(=O)CC)C2)cc1-c1ccnc2c1ccn2COCC[Si](C)(C)C. The summed E-state index contributed by atoms with van der Waals surface area (Å²) in [6.07, 6.45) is 25.5. The van der Waals surface area contributed by atoms with E-state index in [1.54, 1.807) is 49.5 Å². The molecule has 0 amide bonds. The molecule has 3 fully saturated rings. The standard InChI is InChI=1S/C24H31N7O3SSi.C19H31BN2O3Si.C17H21N5OSi.C13H19BrN2OSi.C7H5BrN2.C7H10N2O2S.C5H3BrN2/c1-6-35(32,33)30-16-24(17-30,9-10-25)31-15-21(22(26-2)28-31)19-7-11-27-23-20(19)8-12-29(23)18-34-13-14-36(3,4)5;1-18(2)19(3,4)25-20(24-18)16-8-10-21-17-15(16)9-11-22(17)14-23-12-13-26(5,6)7;1-18-16-15(11-20-21-16)13-5-7-19-17-14(13)6-8-22(17)12-23-9-10-24(2,3)4;1-18(2,3)9-8-17-10-16-7-5-11-12(14)4-6-15-13(11)16;8-6-2-4-10-7-5(6)1-3-9-7;1-3-12(10,11)9-5-7(6-9)4-8-2;1-7-5-4(6)2-3-8-5/h7-8,11-12,15H,6,9,13-14,16-18H2,1,3-5H3;8-11H,12-14H2,1-7H3;5-8,11H,9-10,12H2,2-4H3,(H,20,21);4-7H,8-10H2,1-3H3;1-4H,(H,9,10);4H,3,5-6H2,1H3;2H,3H2. The van der Waals surface area contributed by atoms with E-state index in [1.807, 2.05) is 116 Å². The van der Waals surface area contributed by atoms with Crippen LogP contribution in [0.25, 0.3) is 96.8 Å². The van der Waals surface area contributed by atoms with Gasteiger partial charge in [0, 0.05) is 205 Å². The topological polar surface area (TPSA) is 330 Å². The van der Waals surface area contributed by atoms with E-state index in [0.717, 1.165) is 128 Å². The predicted octanol–water partition coefficient (Wildman–Crippen LogP) is 20.5. The largest absolute Gasteiger partial charge is 0.495 e. The molecule has 134 heavy (non-hydrogen) atoms. The lowest BCUT2D eigenvalue weighted by molar-refractivity contribution is 0.00578. The quantitative estimate of drug-likeness (QED) is 0.0250. The van der Waals surface area contributed by atoms with Gasteiger partial charge in [0.2, 0.25) is 20.0 Å². The van der Waals surface area contributed by atoms with Crippen LogP contribution >= 0.6 is 47.8 Å². The number of pyridine rings is 5. The molecule has 0 radical (unpaired) electrons. The fourth-order valence-corrected chi connectivity index (χ4v) is 20.4. The Bertz CT molecular complexity index is 6610. The molecule has 0 bridgehead atoms. The van der Waals surface area contributed by atoms with Gasteiger partial charge in [-0.25, -0.2) is 51.7 Å². The predicted molar refractivity (Wildman–Crippen MR) is 555 cm³/mol. The van der Waals surface area contributed by atoms with Crippen LogP contribution in [0.15, 0.2) is 171 Å². The third-order valence-electron chi connectivity index (χ3n) is 22.8. The van der Waals surface area contributed by atoms with Crippen LogP contribution < -0.4 is 5.46 Å². The van der Waals surface area contributed by atoms with Crippen molar-refractivity contribution in [3.63, 3.8) is 0 Å². The summed E-state index contributed by atoms with van der Waals surface area (Å²) >= 11 is 10.1. The fourth-order valence-electron chi connectivity index (χ4n) is 13.8. The highest BCUT2D eigenvalue weighted by Crippen LogP contribution is 2.42. The van der Waals surface area contributed by atoms with Crippen LogP contribution in [-0.2, 0) is 80.8 Å². The molecular formula is C92H120BBr3N22O10S2Si4. The van der Waals surface area contributed by atoms with Gasteiger partial charge in [0.25, 0.3) is 11.7 Å². The lowest BCUT2D eigenvalue weighted by Crippen LogP contribution is -2.64. The maximum absolute atomic E-state index is 12.3. The number of rotatable bonds is 29. The molecule has 0 saturated carbocycles. The highest BCUT2D eigenvalue weighted by molar-refractivity contribution is 9.12. The number of fused-ring (bicyclic) bond motifs is 5. The Balaban J connectivity index is 0.000000170. The molecule has 32 nitrogen and oxygen atoms in total.